The van der Waals surface area contributed by atoms with E-state index in [9.17, 15) is 0 Å². The number of benzene rings is 1. The van der Waals surface area contributed by atoms with E-state index in [4.69, 9.17) is 27.9 Å². The van der Waals surface area contributed by atoms with Crippen molar-refractivity contribution in [1.29, 1.82) is 0 Å². The Morgan fingerprint density at radius 1 is 1.00 bits per heavy atom. The molecule has 0 saturated carbocycles. The van der Waals surface area contributed by atoms with Gasteiger partial charge in [-0.05, 0) is 36.0 Å². The van der Waals surface area contributed by atoms with Crippen molar-refractivity contribution in [2.75, 3.05) is 6.61 Å². The number of aryl methyl sites for hydroxylation is 1. The highest BCUT2D eigenvalue weighted by atomic mass is 35.5. The van der Waals surface area contributed by atoms with Crippen LogP contribution in [0.5, 0.6) is 5.75 Å². The van der Waals surface area contributed by atoms with E-state index in [1.807, 2.05) is 30.9 Å². The van der Waals surface area contributed by atoms with E-state index in [-0.39, 0.29) is 5.41 Å². The maximum Gasteiger partial charge on any atom is 0.156 e. The molecule has 3 nitrogen and oxygen atoms in total. The fourth-order valence-electron chi connectivity index (χ4n) is 2.65. The summed E-state index contributed by atoms with van der Waals surface area (Å²) in [6.45, 7) is 8.12. The maximum atomic E-state index is 6.35. The average molecular weight is 383 g/mol. The fraction of sp³-hybridized carbons (Fsp3) is 0.550. The number of nitrogens with zero attached hydrogens (tertiary/aromatic N) is 2. The van der Waals surface area contributed by atoms with Crippen LogP contribution in [0.25, 0.3) is 0 Å². The van der Waals surface area contributed by atoms with Crippen LogP contribution in [-0.4, -0.2) is 16.2 Å². The predicted molar refractivity (Wildman–Crippen MR) is 106 cm³/mol. The Morgan fingerprint density at radius 2 is 1.64 bits per heavy atom. The molecule has 0 spiro atoms. The molecule has 0 aliphatic rings. The van der Waals surface area contributed by atoms with Crippen LogP contribution in [0, 0.1) is 0 Å². The van der Waals surface area contributed by atoms with Crippen LogP contribution in [0.4, 0.5) is 0 Å². The molecule has 1 aromatic carbocycles. The zero-order valence-corrected chi connectivity index (χ0v) is 16.9. The molecule has 0 atom stereocenters. The molecule has 0 aliphatic heterocycles. The van der Waals surface area contributed by atoms with Crippen LogP contribution in [0.3, 0.4) is 0 Å². The van der Waals surface area contributed by atoms with Gasteiger partial charge < -0.3 is 9.30 Å². The molecule has 25 heavy (non-hydrogen) atoms. The third-order valence-electron chi connectivity index (χ3n) is 4.23. The second-order valence-corrected chi connectivity index (χ2v) is 8.25. The second kappa shape index (κ2) is 9.49. The first-order valence-electron chi connectivity index (χ1n) is 8.96. The monoisotopic (exact) mass is 382 g/mol. The number of unbranched alkanes of at least 4 members (excludes halogenated alkanes) is 4. The van der Waals surface area contributed by atoms with Crippen molar-refractivity contribution in [3.63, 3.8) is 0 Å². The number of aromatic nitrogens is 2. The summed E-state index contributed by atoms with van der Waals surface area (Å²) in [5.74, 6) is 0.608. The minimum atomic E-state index is 0.0164. The summed E-state index contributed by atoms with van der Waals surface area (Å²) in [7, 11) is 0. The summed E-state index contributed by atoms with van der Waals surface area (Å²) in [6, 6.07) is 3.91. The lowest BCUT2D eigenvalue weighted by Crippen LogP contribution is -2.11. The van der Waals surface area contributed by atoms with Gasteiger partial charge in [-0.25, -0.2) is 4.98 Å². The van der Waals surface area contributed by atoms with E-state index in [2.05, 4.69) is 30.3 Å². The van der Waals surface area contributed by atoms with Crippen molar-refractivity contribution in [1.82, 2.24) is 9.55 Å². The van der Waals surface area contributed by atoms with Crippen molar-refractivity contribution in [2.24, 2.45) is 0 Å². The standard InChI is InChI=1S/C20H28Cl2N2O/c1-20(2,3)16-13-17(21)19(18(22)14-16)25-12-8-6-4-5-7-10-24-11-9-23-15-24/h9,11,13-15H,4-8,10,12H2,1-3H3. The smallest absolute Gasteiger partial charge is 0.156 e. The Kier molecular flexibility index (Phi) is 7.64. The van der Waals surface area contributed by atoms with E-state index in [1.165, 1.54) is 19.3 Å². The van der Waals surface area contributed by atoms with Gasteiger partial charge in [0.2, 0.25) is 0 Å². The van der Waals surface area contributed by atoms with Crippen molar-refractivity contribution in [3.05, 3.63) is 46.5 Å². The highest BCUT2D eigenvalue weighted by Crippen LogP contribution is 2.37. The molecule has 1 heterocycles. The molecular formula is C20H28Cl2N2O. The molecule has 0 saturated heterocycles. The molecule has 0 radical (unpaired) electrons. The van der Waals surface area contributed by atoms with E-state index in [1.54, 1.807) is 0 Å². The molecule has 2 rings (SSSR count). The van der Waals surface area contributed by atoms with E-state index in [0.29, 0.717) is 22.4 Å². The first kappa shape index (κ1) is 20.1. The number of halogens is 2. The summed E-state index contributed by atoms with van der Waals surface area (Å²) >= 11 is 12.7. The van der Waals surface area contributed by atoms with Gasteiger partial charge in [0.1, 0.15) is 0 Å². The summed E-state index contributed by atoms with van der Waals surface area (Å²) < 4.78 is 7.94. The van der Waals surface area contributed by atoms with Gasteiger partial charge in [0.15, 0.2) is 5.75 Å². The molecule has 0 unspecified atom stereocenters. The van der Waals surface area contributed by atoms with Crippen LogP contribution in [0.15, 0.2) is 30.9 Å². The van der Waals surface area contributed by atoms with Crippen molar-refractivity contribution >= 4 is 23.2 Å². The van der Waals surface area contributed by atoms with Gasteiger partial charge in [-0.1, -0.05) is 63.2 Å². The van der Waals surface area contributed by atoms with Gasteiger partial charge in [0, 0.05) is 18.9 Å². The summed E-state index contributed by atoms with van der Waals surface area (Å²) in [5, 5.41) is 1.19. The van der Waals surface area contributed by atoms with Gasteiger partial charge in [0.25, 0.3) is 0 Å². The molecular weight excluding hydrogens is 355 g/mol. The Morgan fingerprint density at radius 3 is 2.24 bits per heavy atom. The molecule has 138 valence electrons. The summed E-state index contributed by atoms with van der Waals surface area (Å²) in [6.07, 6.45) is 11.5. The number of hydrogen-bond acceptors (Lipinski definition) is 2. The molecule has 0 aliphatic carbocycles. The topological polar surface area (TPSA) is 27.1 Å². The first-order valence-corrected chi connectivity index (χ1v) is 9.71. The van der Waals surface area contributed by atoms with Crippen molar-refractivity contribution in [2.45, 2.75) is 64.8 Å². The Bertz CT molecular complexity index is 625. The van der Waals surface area contributed by atoms with E-state index >= 15 is 0 Å². The van der Waals surface area contributed by atoms with Gasteiger partial charge in [-0.3, -0.25) is 0 Å². The predicted octanol–water partition coefficient (Wildman–Crippen LogP) is 6.52. The van der Waals surface area contributed by atoms with Gasteiger partial charge in [-0.2, -0.15) is 0 Å². The number of rotatable bonds is 9. The summed E-state index contributed by atoms with van der Waals surface area (Å²) in [5.41, 5.74) is 1.13. The molecule has 0 fully saturated rings. The third kappa shape index (κ3) is 6.56. The molecule has 1 aromatic heterocycles. The molecule has 0 amide bonds. The number of ether oxygens (including phenoxy) is 1. The lowest BCUT2D eigenvalue weighted by atomic mass is 9.87. The van der Waals surface area contributed by atoms with Crippen molar-refractivity contribution < 1.29 is 4.74 Å². The van der Waals surface area contributed by atoms with Crippen LogP contribution in [0.1, 0.15) is 58.4 Å². The number of hydrogen-bond donors (Lipinski definition) is 0. The zero-order chi connectivity index (χ0) is 18.3. The minimum absolute atomic E-state index is 0.0164. The van der Waals surface area contributed by atoms with Crippen LogP contribution >= 0.6 is 23.2 Å². The maximum absolute atomic E-state index is 6.35. The van der Waals surface area contributed by atoms with Gasteiger partial charge in [-0.15, -0.1) is 0 Å². The van der Waals surface area contributed by atoms with Crippen LogP contribution in [0.2, 0.25) is 10.0 Å². The normalized spacial score (nSPS) is 11.7. The highest BCUT2D eigenvalue weighted by Gasteiger charge is 2.18. The second-order valence-electron chi connectivity index (χ2n) is 7.44. The molecule has 0 N–H and O–H groups in total. The molecule has 5 heteroatoms. The third-order valence-corrected chi connectivity index (χ3v) is 4.79. The number of imidazole rings is 1. The average Bonchev–Trinajstić information content (AvgIpc) is 3.04. The van der Waals surface area contributed by atoms with Crippen LogP contribution < -0.4 is 4.74 Å². The van der Waals surface area contributed by atoms with Gasteiger partial charge in [0.05, 0.1) is 23.0 Å². The van der Waals surface area contributed by atoms with E-state index in [0.717, 1.165) is 24.9 Å². The SMILES string of the molecule is CC(C)(C)c1cc(Cl)c(OCCCCCCCn2ccnc2)c(Cl)c1. The van der Waals surface area contributed by atoms with Crippen LogP contribution in [-0.2, 0) is 12.0 Å². The zero-order valence-electron chi connectivity index (χ0n) is 15.4. The lowest BCUT2D eigenvalue weighted by Gasteiger charge is -2.21. The Balaban J connectivity index is 1.66. The fourth-order valence-corrected chi connectivity index (χ4v) is 3.25. The van der Waals surface area contributed by atoms with E-state index < -0.39 is 0 Å². The van der Waals surface area contributed by atoms with Crippen molar-refractivity contribution in [3.8, 4) is 5.75 Å². The Labute approximate surface area is 161 Å². The summed E-state index contributed by atoms with van der Waals surface area (Å²) in [4.78, 5) is 4.05. The minimum Gasteiger partial charge on any atom is -0.490 e. The molecule has 0 bridgehead atoms. The largest absolute Gasteiger partial charge is 0.490 e. The van der Waals surface area contributed by atoms with Gasteiger partial charge >= 0.3 is 0 Å². The molecule has 2 aromatic rings. The lowest BCUT2D eigenvalue weighted by molar-refractivity contribution is 0.304. The quantitative estimate of drug-likeness (QED) is 0.461. The highest BCUT2D eigenvalue weighted by molar-refractivity contribution is 6.37. The Hall–Kier alpha value is -1.19. The first-order chi connectivity index (χ1) is 11.9.